The number of nitro groups is 1. The molecule has 2 bridgehead atoms. The maximum absolute atomic E-state index is 10.9. The number of nitro benzene ring substituents is 1. The molecule has 2 aromatic rings. The lowest BCUT2D eigenvalue weighted by molar-refractivity contribution is -0.384. The van der Waals surface area contributed by atoms with E-state index < -0.39 is 0 Å². The molecule has 6 nitrogen and oxygen atoms in total. The Kier molecular flexibility index (Phi) is 3.84. The summed E-state index contributed by atoms with van der Waals surface area (Å²) in [4.78, 5) is 20.2. The van der Waals surface area contributed by atoms with Crippen molar-refractivity contribution in [1.29, 1.82) is 0 Å². The molecule has 4 rings (SSSR count). The van der Waals surface area contributed by atoms with E-state index in [9.17, 15) is 10.1 Å². The number of hydrogen-bond donors (Lipinski definition) is 0. The highest BCUT2D eigenvalue weighted by atomic mass is 16.6. The van der Waals surface area contributed by atoms with E-state index in [4.69, 9.17) is 4.98 Å². The molecule has 0 saturated carbocycles. The second kappa shape index (κ2) is 6.02. The number of piperidine rings is 1. The van der Waals surface area contributed by atoms with Gasteiger partial charge in [-0.25, -0.2) is 4.98 Å². The molecule has 2 fully saturated rings. The summed E-state index contributed by atoms with van der Waals surface area (Å²) in [7, 11) is 2.25. The van der Waals surface area contributed by atoms with E-state index in [0.717, 1.165) is 29.8 Å². The lowest BCUT2D eigenvalue weighted by Gasteiger charge is -2.37. The second-order valence-corrected chi connectivity index (χ2v) is 6.94. The SMILES string of the molecule is CN1C2CCCC1CN(c1ccc3cc([N+](=O)[O-])ccc3n1)CC2. The molecule has 126 valence electrons. The van der Waals surface area contributed by atoms with Gasteiger partial charge in [-0.05, 0) is 44.5 Å². The Labute approximate surface area is 141 Å². The van der Waals surface area contributed by atoms with Crippen LogP contribution in [0.5, 0.6) is 0 Å². The molecule has 0 amide bonds. The van der Waals surface area contributed by atoms with Crippen molar-refractivity contribution in [2.75, 3.05) is 25.0 Å². The van der Waals surface area contributed by atoms with Crippen molar-refractivity contribution in [2.24, 2.45) is 0 Å². The predicted molar refractivity (Wildman–Crippen MR) is 94.4 cm³/mol. The van der Waals surface area contributed by atoms with Gasteiger partial charge in [0.15, 0.2) is 0 Å². The van der Waals surface area contributed by atoms with Crippen LogP contribution in [0.15, 0.2) is 30.3 Å². The molecule has 2 aliphatic rings. The fraction of sp³-hybridized carbons (Fsp3) is 0.500. The van der Waals surface area contributed by atoms with E-state index in [-0.39, 0.29) is 10.6 Å². The van der Waals surface area contributed by atoms with Crippen molar-refractivity contribution >= 4 is 22.4 Å². The van der Waals surface area contributed by atoms with E-state index in [0.29, 0.717) is 12.1 Å². The predicted octanol–water partition coefficient (Wildman–Crippen LogP) is 3.21. The third-order valence-corrected chi connectivity index (χ3v) is 5.58. The highest BCUT2D eigenvalue weighted by molar-refractivity contribution is 5.82. The summed E-state index contributed by atoms with van der Waals surface area (Å²) in [6.45, 7) is 2.04. The van der Waals surface area contributed by atoms with Crippen molar-refractivity contribution in [3.05, 3.63) is 40.4 Å². The van der Waals surface area contributed by atoms with E-state index in [1.165, 1.54) is 31.7 Å². The van der Waals surface area contributed by atoms with Crippen LogP contribution < -0.4 is 4.90 Å². The topological polar surface area (TPSA) is 62.5 Å². The summed E-state index contributed by atoms with van der Waals surface area (Å²) >= 11 is 0. The van der Waals surface area contributed by atoms with Crippen molar-refractivity contribution in [3.63, 3.8) is 0 Å². The Balaban J connectivity index is 1.63. The standard InChI is InChI=1S/C18H22N4O2/c1-20-14-3-2-4-16(20)12-21(10-9-14)18-8-5-13-11-15(22(23)24)6-7-17(13)19-18/h5-8,11,14,16H,2-4,9-10,12H2,1H3. The normalized spacial score (nSPS) is 24.8. The molecule has 0 radical (unpaired) electrons. The number of rotatable bonds is 2. The van der Waals surface area contributed by atoms with Gasteiger partial charge in [0, 0.05) is 42.7 Å². The van der Waals surface area contributed by atoms with Crippen LogP contribution in [0.2, 0.25) is 0 Å². The summed E-state index contributed by atoms with van der Waals surface area (Å²) in [5.74, 6) is 0.984. The molecule has 3 heterocycles. The van der Waals surface area contributed by atoms with Gasteiger partial charge in [0.1, 0.15) is 5.82 Å². The fourth-order valence-electron chi connectivity index (χ4n) is 4.11. The lowest BCUT2D eigenvalue weighted by atomic mass is 9.96. The van der Waals surface area contributed by atoms with Crippen molar-refractivity contribution < 1.29 is 4.92 Å². The van der Waals surface area contributed by atoms with E-state index in [1.54, 1.807) is 12.1 Å². The highest BCUT2D eigenvalue weighted by Gasteiger charge is 2.32. The largest absolute Gasteiger partial charge is 0.355 e. The molecule has 2 saturated heterocycles. The van der Waals surface area contributed by atoms with E-state index in [2.05, 4.69) is 16.8 Å². The first-order valence-corrected chi connectivity index (χ1v) is 8.64. The van der Waals surface area contributed by atoms with Gasteiger partial charge in [-0.3, -0.25) is 15.0 Å². The van der Waals surface area contributed by atoms with Crippen LogP contribution in [0.3, 0.4) is 0 Å². The van der Waals surface area contributed by atoms with Gasteiger partial charge in [0.2, 0.25) is 0 Å². The van der Waals surface area contributed by atoms with Crippen molar-refractivity contribution in [3.8, 4) is 0 Å². The Hall–Kier alpha value is -2.21. The monoisotopic (exact) mass is 326 g/mol. The summed E-state index contributed by atoms with van der Waals surface area (Å²) in [5.41, 5.74) is 0.931. The molecule has 1 aromatic carbocycles. The van der Waals surface area contributed by atoms with E-state index >= 15 is 0 Å². The molecule has 2 aliphatic heterocycles. The zero-order valence-electron chi connectivity index (χ0n) is 13.9. The fourth-order valence-corrected chi connectivity index (χ4v) is 4.11. The second-order valence-electron chi connectivity index (χ2n) is 6.94. The van der Waals surface area contributed by atoms with Crippen LogP contribution in [-0.4, -0.2) is 47.0 Å². The maximum Gasteiger partial charge on any atom is 0.270 e. The molecule has 2 atom stereocenters. The molecule has 6 heteroatoms. The van der Waals surface area contributed by atoms with Crippen LogP contribution in [0.1, 0.15) is 25.7 Å². The number of hydrogen-bond acceptors (Lipinski definition) is 5. The Morgan fingerprint density at radius 1 is 1.17 bits per heavy atom. The number of nitrogens with zero attached hydrogens (tertiary/aromatic N) is 4. The van der Waals surface area contributed by atoms with Crippen LogP contribution in [0, 0.1) is 10.1 Å². The average Bonchev–Trinajstić information content (AvgIpc) is 2.68. The minimum Gasteiger partial charge on any atom is -0.355 e. The quantitative estimate of drug-likeness (QED) is 0.626. The Morgan fingerprint density at radius 2 is 2.00 bits per heavy atom. The number of fused-ring (bicyclic) bond motifs is 3. The summed E-state index contributed by atoms with van der Waals surface area (Å²) < 4.78 is 0. The number of likely N-dealkylation sites (N-methyl/N-ethyl adjacent to an activating group) is 1. The van der Waals surface area contributed by atoms with Gasteiger partial charge in [0.05, 0.1) is 10.4 Å². The molecule has 0 aliphatic carbocycles. The molecule has 0 spiro atoms. The first kappa shape index (κ1) is 15.3. The Bertz CT molecular complexity index is 779. The minimum atomic E-state index is -0.363. The molecule has 1 aromatic heterocycles. The zero-order valence-corrected chi connectivity index (χ0v) is 13.9. The third-order valence-electron chi connectivity index (χ3n) is 5.58. The number of aromatic nitrogens is 1. The average molecular weight is 326 g/mol. The third kappa shape index (κ3) is 2.71. The van der Waals surface area contributed by atoms with Gasteiger partial charge >= 0.3 is 0 Å². The van der Waals surface area contributed by atoms with Gasteiger partial charge < -0.3 is 4.90 Å². The maximum atomic E-state index is 10.9. The number of benzene rings is 1. The number of anilines is 1. The van der Waals surface area contributed by atoms with Gasteiger partial charge in [-0.15, -0.1) is 0 Å². The van der Waals surface area contributed by atoms with Gasteiger partial charge in [-0.2, -0.15) is 0 Å². The first-order chi connectivity index (χ1) is 11.6. The zero-order chi connectivity index (χ0) is 16.7. The molecular formula is C18H22N4O2. The minimum absolute atomic E-state index is 0.113. The highest BCUT2D eigenvalue weighted by Crippen LogP contribution is 2.30. The summed E-state index contributed by atoms with van der Waals surface area (Å²) in [5, 5.41) is 11.7. The first-order valence-electron chi connectivity index (χ1n) is 8.64. The van der Waals surface area contributed by atoms with E-state index in [1.807, 2.05) is 12.1 Å². The summed E-state index contributed by atoms with van der Waals surface area (Å²) in [6.07, 6.45) is 5.05. The number of pyridine rings is 1. The van der Waals surface area contributed by atoms with Crippen LogP contribution in [0.4, 0.5) is 11.5 Å². The Morgan fingerprint density at radius 3 is 2.83 bits per heavy atom. The van der Waals surface area contributed by atoms with Crippen molar-refractivity contribution in [1.82, 2.24) is 9.88 Å². The summed E-state index contributed by atoms with van der Waals surface area (Å²) in [6, 6.07) is 10.1. The van der Waals surface area contributed by atoms with Gasteiger partial charge in [-0.1, -0.05) is 6.42 Å². The lowest BCUT2D eigenvalue weighted by Crippen LogP contribution is -2.45. The molecule has 2 unspecified atom stereocenters. The van der Waals surface area contributed by atoms with Crippen LogP contribution >= 0.6 is 0 Å². The number of non-ortho nitro benzene ring substituents is 1. The van der Waals surface area contributed by atoms with Crippen LogP contribution in [0.25, 0.3) is 10.9 Å². The molecular weight excluding hydrogens is 304 g/mol. The molecule has 0 N–H and O–H groups in total. The van der Waals surface area contributed by atoms with Crippen molar-refractivity contribution in [2.45, 2.75) is 37.8 Å². The molecule has 24 heavy (non-hydrogen) atoms. The van der Waals surface area contributed by atoms with Crippen LogP contribution in [-0.2, 0) is 0 Å². The smallest absolute Gasteiger partial charge is 0.270 e. The van der Waals surface area contributed by atoms with Gasteiger partial charge in [0.25, 0.3) is 5.69 Å².